The second kappa shape index (κ2) is 8.71. The summed E-state index contributed by atoms with van der Waals surface area (Å²) in [7, 11) is 3.77. The van der Waals surface area contributed by atoms with E-state index in [0.717, 1.165) is 17.0 Å². The average molecular weight is 405 g/mol. The molecule has 2 aromatic carbocycles. The van der Waals surface area contributed by atoms with Gasteiger partial charge in [0.2, 0.25) is 0 Å². The summed E-state index contributed by atoms with van der Waals surface area (Å²) in [6.45, 7) is 2.75. The first-order valence-electron chi connectivity index (χ1n) is 10.4. The molecule has 0 aliphatic heterocycles. The monoisotopic (exact) mass is 404 g/mol. The maximum absolute atomic E-state index is 13.1. The van der Waals surface area contributed by atoms with E-state index in [1.165, 1.54) is 12.8 Å². The largest absolute Gasteiger partial charge is 0.497 e. The molecule has 0 saturated heterocycles. The van der Waals surface area contributed by atoms with Crippen LogP contribution in [0.1, 0.15) is 30.1 Å². The average Bonchev–Trinajstić information content (AvgIpc) is 3.55. The van der Waals surface area contributed by atoms with E-state index in [-0.39, 0.29) is 11.9 Å². The molecule has 1 saturated carbocycles. The molecule has 1 aliphatic carbocycles. The first-order valence-corrected chi connectivity index (χ1v) is 10.4. The zero-order chi connectivity index (χ0) is 21.1. The quantitative estimate of drug-likeness (QED) is 0.621. The van der Waals surface area contributed by atoms with Crippen LogP contribution in [0.25, 0.3) is 16.9 Å². The number of likely N-dealkylation sites (N-methyl/N-ethyl adjacent to an activating group) is 1. The Morgan fingerprint density at radius 1 is 1.20 bits per heavy atom. The van der Waals surface area contributed by atoms with Crippen LogP contribution in [0.4, 0.5) is 0 Å². The fourth-order valence-corrected chi connectivity index (χ4v) is 3.54. The van der Waals surface area contributed by atoms with Crippen LogP contribution in [0.15, 0.2) is 60.8 Å². The Balaban J connectivity index is 1.60. The SMILES string of the molecule is COc1ccc(-c2nn(-c3ccccc3)cc2C(=O)NCC(C)N(C)C2CC2)cc1. The van der Waals surface area contributed by atoms with Crippen LogP contribution in [0.3, 0.4) is 0 Å². The van der Waals surface area contributed by atoms with Crippen molar-refractivity contribution in [2.24, 2.45) is 0 Å². The van der Waals surface area contributed by atoms with E-state index in [0.29, 0.717) is 23.8 Å². The van der Waals surface area contributed by atoms with Gasteiger partial charge in [-0.2, -0.15) is 5.10 Å². The molecule has 3 aromatic rings. The Bertz CT molecular complexity index is 994. The van der Waals surface area contributed by atoms with Crippen molar-refractivity contribution in [3.05, 3.63) is 66.4 Å². The number of carbonyl (C=O) groups is 1. The third kappa shape index (κ3) is 4.39. The van der Waals surface area contributed by atoms with Crippen molar-refractivity contribution in [2.45, 2.75) is 31.8 Å². The molecule has 0 radical (unpaired) electrons. The van der Waals surface area contributed by atoms with Crippen molar-refractivity contribution in [3.63, 3.8) is 0 Å². The number of hydrogen-bond acceptors (Lipinski definition) is 4. The lowest BCUT2D eigenvalue weighted by molar-refractivity contribution is 0.0940. The normalized spacial score (nSPS) is 14.5. The molecular formula is C24H28N4O2. The Morgan fingerprint density at radius 2 is 1.90 bits per heavy atom. The Kier molecular flexibility index (Phi) is 5.86. The number of nitrogens with zero attached hydrogens (tertiary/aromatic N) is 3. The highest BCUT2D eigenvalue weighted by molar-refractivity contribution is 6.00. The molecular weight excluding hydrogens is 376 g/mol. The Morgan fingerprint density at radius 3 is 2.53 bits per heavy atom. The van der Waals surface area contributed by atoms with Gasteiger partial charge < -0.3 is 10.1 Å². The summed E-state index contributed by atoms with van der Waals surface area (Å²) in [5.74, 6) is 0.656. The van der Waals surface area contributed by atoms with Gasteiger partial charge in [0.05, 0.1) is 18.4 Å². The van der Waals surface area contributed by atoms with E-state index in [1.54, 1.807) is 18.0 Å². The highest BCUT2D eigenvalue weighted by Crippen LogP contribution is 2.27. The number of aromatic nitrogens is 2. The molecule has 1 fully saturated rings. The number of ether oxygens (including phenoxy) is 1. The third-order valence-electron chi connectivity index (χ3n) is 5.72. The van der Waals surface area contributed by atoms with Gasteiger partial charge in [-0.05, 0) is 63.2 Å². The van der Waals surface area contributed by atoms with Gasteiger partial charge in [0.1, 0.15) is 11.4 Å². The molecule has 1 heterocycles. The van der Waals surface area contributed by atoms with Gasteiger partial charge in [-0.25, -0.2) is 4.68 Å². The lowest BCUT2D eigenvalue weighted by Crippen LogP contribution is -2.41. The molecule has 0 bridgehead atoms. The minimum absolute atomic E-state index is 0.112. The molecule has 1 amide bonds. The van der Waals surface area contributed by atoms with E-state index in [4.69, 9.17) is 9.84 Å². The maximum Gasteiger partial charge on any atom is 0.255 e. The standard InChI is InChI=1S/C24H28N4O2/c1-17(27(2)19-11-12-19)15-25-24(29)22-16-28(20-7-5-4-6-8-20)26-23(22)18-9-13-21(30-3)14-10-18/h4-10,13-14,16-17,19H,11-12,15H2,1-3H3,(H,25,29). The summed E-state index contributed by atoms with van der Waals surface area (Å²) >= 11 is 0. The van der Waals surface area contributed by atoms with Crippen LogP contribution in [0, 0.1) is 0 Å². The number of amides is 1. The van der Waals surface area contributed by atoms with Crippen LogP contribution in [0.5, 0.6) is 5.75 Å². The molecule has 6 heteroatoms. The van der Waals surface area contributed by atoms with Gasteiger partial charge in [0.25, 0.3) is 5.91 Å². The fourth-order valence-electron chi connectivity index (χ4n) is 3.54. The first-order chi connectivity index (χ1) is 14.6. The minimum Gasteiger partial charge on any atom is -0.497 e. The molecule has 1 N–H and O–H groups in total. The number of para-hydroxylation sites is 1. The summed E-state index contributed by atoms with van der Waals surface area (Å²) in [6, 6.07) is 18.4. The fraction of sp³-hybridized carbons (Fsp3) is 0.333. The lowest BCUT2D eigenvalue weighted by Gasteiger charge is -2.24. The number of hydrogen-bond donors (Lipinski definition) is 1. The van der Waals surface area contributed by atoms with Crippen molar-refractivity contribution in [1.29, 1.82) is 0 Å². The highest BCUT2D eigenvalue weighted by Gasteiger charge is 2.29. The van der Waals surface area contributed by atoms with Crippen LogP contribution >= 0.6 is 0 Å². The Hall–Kier alpha value is -3.12. The second-order valence-corrected chi connectivity index (χ2v) is 7.86. The number of benzene rings is 2. The van der Waals surface area contributed by atoms with Crippen molar-refractivity contribution < 1.29 is 9.53 Å². The van der Waals surface area contributed by atoms with Gasteiger partial charge in [0.15, 0.2) is 0 Å². The van der Waals surface area contributed by atoms with Crippen molar-refractivity contribution in [1.82, 2.24) is 20.0 Å². The zero-order valence-corrected chi connectivity index (χ0v) is 17.7. The number of rotatable bonds is 8. The van der Waals surface area contributed by atoms with Crippen LogP contribution < -0.4 is 10.1 Å². The molecule has 30 heavy (non-hydrogen) atoms. The van der Waals surface area contributed by atoms with E-state index in [9.17, 15) is 4.79 Å². The molecule has 1 atom stereocenters. The first kappa shape index (κ1) is 20.2. The van der Waals surface area contributed by atoms with E-state index in [2.05, 4.69) is 24.2 Å². The summed E-state index contributed by atoms with van der Waals surface area (Å²) < 4.78 is 7.02. The van der Waals surface area contributed by atoms with Gasteiger partial charge in [-0.3, -0.25) is 9.69 Å². The van der Waals surface area contributed by atoms with Gasteiger partial charge in [0, 0.05) is 30.4 Å². The summed E-state index contributed by atoms with van der Waals surface area (Å²) in [4.78, 5) is 15.5. The second-order valence-electron chi connectivity index (χ2n) is 7.86. The highest BCUT2D eigenvalue weighted by atomic mass is 16.5. The van der Waals surface area contributed by atoms with Gasteiger partial charge >= 0.3 is 0 Å². The van der Waals surface area contributed by atoms with Crippen LogP contribution in [-0.4, -0.2) is 53.4 Å². The van der Waals surface area contributed by atoms with Crippen LogP contribution in [-0.2, 0) is 0 Å². The van der Waals surface area contributed by atoms with E-state index < -0.39 is 0 Å². The molecule has 156 valence electrons. The molecule has 6 nitrogen and oxygen atoms in total. The zero-order valence-electron chi connectivity index (χ0n) is 17.7. The smallest absolute Gasteiger partial charge is 0.255 e. The topological polar surface area (TPSA) is 59.4 Å². The molecule has 1 aliphatic rings. The maximum atomic E-state index is 13.1. The number of nitrogens with one attached hydrogen (secondary N) is 1. The summed E-state index contributed by atoms with van der Waals surface area (Å²) in [6.07, 6.45) is 4.31. The van der Waals surface area contributed by atoms with Crippen molar-refractivity contribution in [2.75, 3.05) is 20.7 Å². The molecule has 4 rings (SSSR count). The minimum atomic E-state index is -0.112. The van der Waals surface area contributed by atoms with Gasteiger partial charge in [-0.15, -0.1) is 0 Å². The molecule has 1 unspecified atom stereocenters. The predicted molar refractivity (Wildman–Crippen MR) is 118 cm³/mol. The predicted octanol–water partition coefficient (Wildman–Crippen LogP) is 3.76. The lowest BCUT2D eigenvalue weighted by atomic mass is 10.1. The van der Waals surface area contributed by atoms with E-state index >= 15 is 0 Å². The molecule has 0 spiro atoms. The van der Waals surface area contributed by atoms with Crippen molar-refractivity contribution in [3.8, 4) is 22.7 Å². The van der Waals surface area contributed by atoms with E-state index in [1.807, 2.05) is 54.6 Å². The third-order valence-corrected chi connectivity index (χ3v) is 5.72. The summed E-state index contributed by atoms with van der Waals surface area (Å²) in [5.41, 5.74) is 3.00. The summed E-state index contributed by atoms with van der Waals surface area (Å²) in [5, 5.41) is 7.83. The van der Waals surface area contributed by atoms with Gasteiger partial charge in [-0.1, -0.05) is 18.2 Å². The van der Waals surface area contributed by atoms with Crippen LogP contribution in [0.2, 0.25) is 0 Å². The molecule has 1 aromatic heterocycles. The van der Waals surface area contributed by atoms with Crippen molar-refractivity contribution >= 4 is 5.91 Å². The Labute approximate surface area is 177 Å². The number of methoxy groups -OCH3 is 1. The number of carbonyl (C=O) groups excluding carboxylic acids is 1.